The second kappa shape index (κ2) is 7.44. The third-order valence-corrected chi connectivity index (χ3v) is 5.94. The number of carbonyl (C=O) groups is 2. The van der Waals surface area contributed by atoms with Gasteiger partial charge in [-0.1, -0.05) is 6.92 Å². The third kappa shape index (κ3) is 3.77. The first-order valence-corrected chi connectivity index (χ1v) is 9.97. The van der Waals surface area contributed by atoms with Gasteiger partial charge in [-0.05, 0) is 27.2 Å². The Balaban J connectivity index is 1.39. The molecule has 4 saturated heterocycles. The van der Waals surface area contributed by atoms with Crippen molar-refractivity contribution in [3.63, 3.8) is 0 Å². The van der Waals surface area contributed by atoms with Crippen molar-refractivity contribution in [1.82, 2.24) is 0 Å². The normalized spacial score (nSPS) is 42.2. The molecule has 0 radical (unpaired) electrons. The first kappa shape index (κ1) is 21.0. The molecule has 4 fully saturated rings. The highest BCUT2D eigenvalue weighted by Gasteiger charge is 2.64. The summed E-state index contributed by atoms with van der Waals surface area (Å²) in [5.74, 6) is -2.10. The van der Waals surface area contributed by atoms with E-state index in [1.807, 2.05) is 6.92 Å². The standard InChI is InChI=1S/C19H28O10/c1-5-19(4,8-24-9-6-7-23-14(9)20)17(22)27-12-10-11(25-15(12)21)13-16(26-10)29-18(2,3)28-13/h9-14,16,20H,5-8H2,1-4H3/t9?,10?,11?,12?,13?,14-,16?,19?/m1/s1. The number of fused-ring (bicyclic) bond motifs is 3. The van der Waals surface area contributed by atoms with Crippen molar-refractivity contribution in [2.75, 3.05) is 13.2 Å². The maximum atomic E-state index is 12.9. The molecule has 4 aliphatic heterocycles. The van der Waals surface area contributed by atoms with Gasteiger partial charge in [-0.15, -0.1) is 0 Å². The lowest BCUT2D eigenvalue weighted by Gasteiger charge is -2.29. The lowest BCUT2D eigenvalue weighted by Crippen LogP contribution is -2.43. The van der Waals surface area contributed by atoms with Crippen LogP contribution >= 0.6 is 0 Å². The Morgan fingerprint density at radius 3 is 2.69 bits per heavy atom. The molecule has 10 heteroatoms. The van der Waals surface area contributed by atoms with Crippen LogP contribution in [0, 0.1) is 5.41 Å². The van der Waals surface area contributed by atoms with Gasteiger partial charge in [0.05, 0.1) is 18.6 Å². The van der Waals surface area contributed by atoms with Gasteiger partial charge < -0.3 is 38.3 Å². The highest BCUT2D eigenvalue weighted by Crippen LogP contribution is 2.43. The van der Waals surface area contributed by atoms with Gasteiger partial charge in [0.1, 0.15) is 12.2 Å². The number of hydrogen-bond acceptors (Lipinski definition) is 10. The molecule has 0 saturated carbocycles. The van der Waals surface area contributed by atoms with Crippen molar-refractivity contribution in [2.45, 2.75) is 89.4 Å². The molecule has 0 aromatic rings. The van der Waals surface area contributed by atoms with Gasteiger partial charge in [0, 0.05) is 6.42 Å². The van der Waals surface area contributed by atoms with E-state index in [1.165, 1.54) is 0 Å². The minimum Gasteiger partial charge on any atom is -0.454 e. The molecule has 0 aliphatic carbocycles. The first-order valence-electron chi connectivity index (χ1n) is 9.97. The van der Waals surface area contributed by atoms with Crippen LogP contribution in [0.3, 0.4) is 0 Å². The summed E-state index contributed by atoms with van der Waals surface area (Å²) in [7, 11) is 0. The lowest BCUT2D eigenvalue weighted by molar-refractivity contribution is -0.218. The molecule has 4 rings (SSSR count). The molecule has 10 nitrogen and oxygen atoms in total. The van der Waals surface area contributed by atoms with Gasteiger partial charge in [0.15, 0.2) is 30.6 Å². The molecule has 1 N–H and O–H groups in total. The van der Waals surface area contributed by atoms with Crippen molar-refractivity contribution < 1.29 is 47.9 Å². The molecule has 4 heterocycles. The monoisotopic (exact) mass is 416 g/mol. The molecule has 0 spiro atoms. The zero-order chi connectivity index (χ0) is 21.0. The second-order valence-corrected chi connectivity index (χ2v) is 8.61. The molecule has 7 unspecified atom stereocenters. The summed E-state index contributed by atoms with van der Waals surface area (Å²) in [4.78, 5) is 25.2. The van der Waals surface area contributed by atoms with Crippen molar-refractivity contribution in [3.05, 3.63) is 0 Å². The number of hydrogen-bond donors (Lipinski definition) is 1. The quantitative estimate of drug-likeness (QED) is 0.603. The Hall–Kier alpha value is -1.30. The lowest BCUT2D eigenvalue weighted by atomic mass is 9.88. The van der Waals surface area contributed by atoms with Gasteiger partial charge in [0.2, 0.25) is 6.10 Å². The molecule has 0 bridgehead atoms. The fraction of sp³-hybridized carbons (Fsp3) is 0.895. The molecule has 0 aromatic carbocycles. The van der Waals surface area contributed by atoms with E-state index < -0.39 is 66.2 Å². The van der Waals surface area contributed by atoms with E-state index in [-0.39, 0.29) is 6.61 Å². The van der Waals surface area contributed by atoms with E-state index >= 15 is 0 Å². The van der Waals surface area contributed by atoms with Crippen LogP contribution in [0.25, 0.3) is 0 Å². The number of aliphatic hydroxyl groups excluding tert-OH is 1. The van der Waals surface area contributed by atoms with E-state index in [9.17, 15) is 14.7 Å². The van der Waals surface area contributed by atoms with Gasteiger partial charge in [-0.2, -0.15) is 0 Å². The van der Waals surface area contributed by atoms with Crippen LogP contribution in [-0.4, -0.2) is 79.1 Å². The predicted octanol–water partition coefficient (Wildman–Crippen LogP) is 0.240. The fourth-order valence-electron chi connectivity index (χ4n) is 3.91. The zero-order valence-electron chi connectivity index (χ0n) is 17.0. The molecular formula is C19H28O10. The minimum atomic E-state index is -1.19. The van der Waals surface area contributed by atoms with Crippen LogP contribution in [0.5, 0.6) is 0 Å². The molecule has 29 heavy (non-hydrogen) atoms. The predicted molar refractivity (Wildman–Crippen MR) is 93.2 cm³/mol. The summed E-state index contributed by atoms with van der Waals surface area (Å²) in [6.07, 6.45) is -4.46. The van der Waals surface area contributed by atoms with E-state index in [4.69, 9.17) is 33.2 Å². The van der Waals surface area contributed by atoms with Crippen molar-refractivity contribution in [1.29, 1.82) is 0 Å². The minimum absolute atomic E-state index is 0.0236. The molecular weight excluding hydrogens is 388 g/mol. The summed E-state index contributed by atoms with van der Waals surface area (Å²) in [5.41, 5.74) is -1.01. The molecule has 0 amide bonds. The highest BCUT2D eigenvalue weighted by molar-refractivity contribution is 5.84. The summed E-state index contributed by atoms with van der Waals surface area (Å²) < 4.78 is 38.9. The SMILES string of the molecule is CCC(C)(COC1CCO[C@H]1O)C(=O)OC1C(=O)OC2C3OC(C)(C)OC3OC12. The second-order valence-electron chi connectivity index (χ2n) is 8.61. The zero-order valence-corrected chi connectivity index (χ0v) is 17.0. The molecule has 4 aliphatic rings. The van der Waals surface area contributed by atoms with Crippen LogP contribution in [0.4, 0.5) is 0 Å². The van der Waals surface area contributed by atoms with E-state index in [2.05, 4.69) is 0 Å². The number of esters is 2. The maximum absolute atomic E-state index is 12.9. The van der Waals surface area contributed by atoms with E-state index in [0.29, 0.717) is 19.4 Å². The van der Waals surface area contributed by atoms with Crippen molar-refractivity contribution in [2.24, 2.45) is 5.41 Å². The molecule has 164 valence electrons. The van der Waals surface area contributed by atoms with E-state index in [0.717, 1.165) is 0 Å². The fourth-order valence-corrected chi connectivity index (χ4v) is 3.91. The average Bonchev–Trinajstić information content (AvgIpc) is 3.36. The van der Waals surface area contributed by atoms with Gasteiger partial charge in [-0.25, -0.2) is 4.79 Å². The van der Waals surface area contributed by atoms with Gasteiger partial charge >= 0.3 is 11.9 Å². The summed E-state index contributed by atoms with van der Waals surface area (Å²) in [5, 5.41) is 9.71. The smallest absolute Gasteiger partial charge is 0.350 e. The average molecular weight is 416 g/mol. The Morgan fingerprint density at radius 2 is 2.03 bits per heavy atom. The van der Waals surface area contributed by atoms with Crippen LogP contribution < -0.4 is 0 Å². The summed E-state index contributed by atoms with van der Waals surface area (Å²) in [6, 6.07) is 0. The number of aliphatic hydroxyl groups is 1. The molecule has 0 aromatic heterocycles. The number of carbonyl (C=O) groups excluding carboxylic acids is 2. The largest absolute Gasteiger partial charge is 0.454 e. The van der Waals surface area contributed by atoms with E-state index in [1.54, 1.807) is 20.8 Å². The van der Waals surface area contributed by atoms with Crippen molar-refractivity contribution >= 4 is 11.9 Å². The maximum Gasteiger partial charge on any atom is 0.350 e. The summed E-state index contributed by atoms with van der Waals surface area (Å²) in [6.45, 7) is 7.43. The third-order valence-electron chi connectivity index (χ3n) is 5.94. The topological polar surface area (TPSA) is 119 Å². The Morgan fingerprint density at radius 1 is 1.28 bits per heavy atom. The Labute approximate surface area is 168 Å². The van der Waals surface area contributed by atoms with Crippen LogP contribution in [0.1, 0.15) is 40.5 Å². The van der Waals surface area contributed by atoms with Gasteiger partial charge in [0.25, 0.3) is 0 Å². The highest BCUT2D eigenvalue weighted by atomic mass is 16.9. The van der Waals surface area contributed by atoms with Crippen molar-refractivity contribution in [3.8, 4) is 0 Å². The molecule has 8 atom stereocenters. The first-order chi connectivity index (χ1) is 13.6. The van der Waals surface area contributed by atoms with Crippen LogP contribution in [0.2, 0.25) is 0 Å². The van der Waals surface area contributed by atoms with Crippen LogP contribution in [-0.2, 0) is 42.7 Å². The Kier molecular flexibility index (Phi) is 5.37. The van der Waals surface area contributed by atoms with Crippen LogP contribution in [0.15, 0.2) is 0 Å². The summed E-state index contributed by atoms with van der Waals surface area (Å²) >= 11 is 0. The Bertz CT molecular complexity index is 665. The number of rotatable bonds is 6. The van der Waals surface area contributed by atoms with Gasteiger partial charge in [-0.3, -0.25) is 4.79 Å². The number of ether oxygens (including phenoxy) is 7.